The van der Waals surface area contributed by atoms with E-state index in [2.05, 4.69) is 20.2 Å². The van der Waals surface area contributed by atoms with Crippen LogP contribution in [0.15, 0.2) is 16.0 Å². The second kappa shape index (κ2) is 7.87. The minimum atomic E-state index is -0.324. The first-order chi connectivity index (χ1) is 11.0. The molecule has 23 heavy (non-hydrogen) atoms. The monoisotopic (exact) mass is 337 g/mol. The summed E-state index contributed by atoms with van der Waals surface area (Å²) in [5.74, 6) is 0.784. The van der Waals surface area contributed by atoms with Gasteiger partial charge in [0.2, 0.25) is 17.6 Å². The molecule has 0 atom stereocenters. The Morgan fingerprint density at radius 3 is 2.91 bits per heavy atom. The van der Waals surface area contributed by atoms with Gasteiger partial charge in [0.1, 0.15) is 0 Å². The van der Waals surface area contributed by atoms with Crippen molar-refractivity contribution in [3.63, 3.8) is 0 Å². The molecule has 8 heteroatoms. The Hall–Kier alpha value is -2.22. The number of anilines is 1. The number of methoxy groups -OCH3 is 1. The number of hydrogen-bond donors (Lipinski definition) is 1. The van der Waals surface area contributed by atoms with Crippen molar-refractivity contribution in [2.75, 3.05) is 12.4 Å². The van der Waals surface area contributed by atoms with Crippen molar-refractivity contribution in [2.24, 2.45) is 5.92 Å². The van der Waals surface area contributed by atoms with Crippen LogP contribution in [0.5, 0.6) is 0 Å². The molecule has 0 bridgehead atoms. The molecule has 0 radical (unpaired) electrons. The summed E-state index contributed by atoms with van der Waals surface area (Å²) in [4.78, 5) is 27.1. The van der Waals surface area contributed by atoms with E-state index in [4.69, 9.17) is 4.52 Å². The first-order valence-corrected chi connectivity index (χ1v) is 8.14. The summed E-state index contributed by atoms with van der Waals surface area (Å²) in [5.41, 5.74) is 0.767. The van der Waals surface area contributed by atoms with Gasteiger partial charge >= 0.3 is 5.97 Å². The average molecular weight is 337 g/mol. The molecular formula is C15H19N3O4S. The molecule has 0 aliphatic carbocycles. The second-order valence-electron chi connectivity index (χ2n) is 5.43. The lowest BCUT2D eigenvalue weighted by atomic mass is 10.1. The van der Waals surface area contributed by atoms with E-state index < -0.39 is 0 Å². The van der Waals surface area contributed by atoms with Crippen molar-refractivity contribution in [3.8, 4) is 11.4 Å². The fraction of sp³-hybridized carbons (Fsp3) is 0.467. The molecule has 0 unspecified atom stereocenters. The number of thiophene rings is 1. The summed E-state index contributed by atoms with van der Waals surface area (Å²) in [6.45, 7) is 3.99. The van der Waals surface area contributed by atoms with Crippen molar-refractivity contribution < 1.29 is 18.8 Å². The molecule has 1 amide bonds. The molecule has 0 aliphatic heterocycles. The van der Waals surface area contributed by atoms with Gasteiger partial charge in [0.05, 0.1) is 18.5 Å². The van der Waals surface area contributed by atoms with Gasteiger partial charge in [-0.2, -0.15) is 4.98 Å². The number of aromatic nitrogens is 2. The van der Waals surface area contributed by atoms with Crippen LogP contribution in [0.3, 0.4) is 0 Å². The van der Waals surface area contributed by atoms with Crippen LogP contribution in [0.1, 0.15) is 32.6 Å². The Morgan fingerprint density at radius 2 is 2.22 bits per heavy atom. The lowest BCUT2D eigenvalue weighted by molar-refractivity contribution is -0.140. The number of nitrogens with one attached hydrogen (secondary N) is 1. The van der Waals surface area contributed by atoms with E-state index in [1.807, 2.05) is 19.2 Å². The third-order valence-corrected chi connectivity index (χ3v) is 3.80. The molecule has 2 aromatic heterocycles. The van der Waals surface area contributed by atoms with Crippen LogP contribution >= 0.6 is 11.3 Å². The van der Waals surface area contributed by atoms with Crippen LogP contribution in [0.4, 0.5) is 5.00 Å². The molecule has 0 aliphatic rings. The molecule has 2 heterocycles. The van der Waals surface area contributed by atoms with E-state index in [0.29, 0.717) is 30.5 Å². The summed E-state index contributed by atoms with van der Waals surface area (Å²) in [6.07, 6.45) is 1.01. The van der Waals surface area contributed by atoms with Gasteiger partial charge in [-0.15, -0.1) is 11.3 Å². The number of carbonyl (C=O) groups excluding carboxylic acids is 2. The van der Waals surface area contributed by atoms with Gasteiger partial charge in [0.15, 0.2) is 0 Å². The number of rotatable bonds is 7. The summed E-state index contributed by atoms with van der Waals surface area (Å²) in [6, 6.07) is 1.80. The maximum absolute atomic E-state index is 11.8. The van der Waals surface area contributed by atoms with Crippen LogP contribution < -0.4 is 5.32 Å². The quantitative estimate of drug-likeness (QED) is 0.781. The van der Waals surface area contributed by atoms with E-state index in [1.165, 1.54) is 18.4 Å². The second-order valence-corrected chi connectivity index (χ2v) is 6.34. The van der Waals surface area contributed by atoms with E-state index in [1.54, 1.807) is 6.07 Å². The highest BCUT2D eigenvalue weighted by Gasteiger charge is 2.13. The fourth-order valence-corrected chi connectivity index (χ4v) is 2.66. The van der Waals surface area contributed by atoms with E-state index in [9.17, 15) is 9.59 Å². The van der Waals surface area contributed by atoms with E-state index >= 15 is 0 Å². The van der Waals surface area contributed by atoms with Crippen LogP contribution in [0, 0.1) is 5.92 Å². The lowest BCUT2D eigenvalue weighted by Crippen LogP contribution is -2.12. The molecular weight excluding hydrogens is 318 g/mol. The van der Waals surface area contributed by atoms with Crippen molar-refractivity contribution in [1.29, 1.82) is 0 Å². The SMILES string of the molecule is COC(=O)CCc1nc(-c2csc(NC(=O)CC(C)C)c2)no1. The van der Waals surface area contributed by atoms with Crippen LogP contribution in [0.2, 0.25) is 0 Å². The Bertz CT molecular complexity index is 678. The number of ether oxygens (including phenoxy) is 1. The van der Waals surface area contributed by atoms with Crippen LogP contribution in [0.25, 0.3) is 11.4 Å². The number of aryl methyl sites for hydroxylation is 1. The highest BCUT2D eigenvalue weighted by Crippen LogP contribution is 2.27. The van der Waals surface area contributed by atoms with Crippen molar-refractivity contribution in [2.45, 2.75) is 33.1 Å². The van der Waals surface area contributed by atoms with E-state index in [0.717, 1.165) is 10.6 Å². The molecule has 0 saturated heterocycles. The normalized spacial score (nSPS) is 10.8. The standard InChI is InChI=1S/C15H19N3O4S/c1-9(2)6-11(19)16-13-7-10(8-23-13)15-17-12(22-18-15)4-5-14(20)21-3/h7-9H,4-6H2,1-3H3,(H,16,19). The summed E-state index contributed by atoms with van der Waals surface area (Å²) < 4.78 is 9.67. The zero-order valence-electron chi connectivity index (χ0n) is 13.3. The predicted octanol–water partition coefficient (Wildman–Crippen LogP) is 2.89. The Morgan fingerprint density at radius 1 is 1.43 bits per heavy atom. The fourth-order valence-electron chi connectivity index (χ4n) is 1.86. The van der Waals surface area contributed by atoms with Crippen molar-refractivity contribution in [1.82, 2.24) is 10.1 Å². The van der Waals surface area contributed by atoms with Gasteiger partial charge in [0.25, 0.3) is 0 Å². The molecule has 1 N–H and O–H groups in total. The molecule has 0 fully saturated rings. The number of esters is 1. The molecule has 7 nitrogen and oxygen atoms in total. The Labute approximate surface area is 138 Å². The average Bonchev–Trinajstić information content (AvgIpc) is 3.12. The number of carbonyl (C=O) groups is 2. The maximum Gasteiger partial charge on any atom is 0.306 e. The molecule has 2 rings (SSSR count). The van der Waals surface area contributed by atoms with Gasteiger partial charge in [-0.1, -0.05) is 19.0 Å². The Kier molecular flexibility index (Phi) is 5.86. The third-order valence-electron chi connectivity index (χ3n) is 2.95. The molecule has 124 valence electrons. The lowest BCUT2D eigenvalue weighted by Gasteiger charge is -2.04. The number of nitrogens with zero attached hydrogens (tertiary/aromatic N) is 2. The van der Waals surface area contributed by atoms with Crippen LogP contribution in [-0.4, -0.2) is 29.1 Å². The first-order valence-electron chi connectivity index (χ1n) is 7.26. The predicted molar refractivity (Wildman–Crippen MR) is 86.0 cm³/mol. The van der Waals surface area contributed by atoms with Gasteiger partial charge in [-0.3, -0.25) is 9.59 Å². The summed E-state index contributed by atoms with van der Waals surface area (Å²) in [5, 5.41) is 9.33. The molecule has 0 spiro atoms. The molecule has 0 saturated carbocycles. The topological polar surface area (TPSA) is 94.3 Å². The number of amides is 1. The summed E-state index contributed by atoms with van der Waals surface area (Å²) in [7, 11) is 1.34. The molecule has 0 aromatic carbocycles. The highest BCUT2D eigenvalue weighted by molar-refractivity contribution is 7.14. The first kappa shape index (κ1) is 17.1. The van der Waals surface area contributed by atoms with E-state index in [-0.39, 0.29) is 18.3 Å². The minimum absolute atomic E-state index is 0.0136. The molecule has 2 aromatic rings. The minimum Gasteiger partial charge on any atom is -0.469 e. The van der Waals surface area contributed by atoms with Crippen LogP contribution in [-0.2, 0) is 20.7 Å². The van der Waals surface area contributed by atoms with Gasteiger partial charge in [0, 0.05) is 23.8 Å². The van der Waals surface area contributed by atoms with Gasteiger partial charge in [-0.25, -0.2) is 0 Å². The largest absolute Gasteiger partial charge is 0.469 e. The zero-order valence-corrected chi connectivity index (χ0v) is 14.1. The van der Waals surface area contributed by atoms with Gasteiger partial charge < -0.3 is 14.6 Å². The maximum atomic E-state index is 11.8. The van der Waals surface area contributed by atoms with Crippen molar-refractivity contribution >= 4 is 28.2 Å². The smallest absolute Gasteiger partial charge is 0.306 e. The number of hydrogen-bond acceptors (Lipinski definition) is 7. The van der Waals surface area contributed by atoms with Crippen molar-refractivity contribution in [3.05, 3.63) is 17.3 Å². The highest BCUT2D eigenvalue weighted by atomic mass is 32.1. The van der Waals surface area contributed by atoms with Gasteiger partial charge in [-0.05, 0) is 12.0 Å². The third kappa shape index (κ3) is 5.17. The summed E-state index contributed by atoms with van der Waals surface area (Å²) >= 11 is 1.40. The Balaban J connectivity index is 1.96. The zero-order chi connectivity index (χ0) is 16.8.